The third-order valence-electron chi connectivity index (χ3n) is 30.5. The first-order valence-electron chi connectivity index (χ1n) is 44.2. The standard InChI is InChI=1S/2C21H26N2.C18H33P.C18H15P.2C15H10.4ClH.Ru/c2*1-14-9-16(3)20(17(4)10-14)22-7-8-23(13-22)21-18(5)11-15(2)12-19(21)6;2*1-4-10-16(11-5-1)19(17-12-6-2-7-13-17)18-14-8-3-9-15-18;2*1-2-6-12(7-3-1)15-11-10-13-8-4-5-9-14(13)15;;;;;/h2*9-12H,7-8H2,1-6H3;16-18H,1-15H2;1-15H;2*1-9,11H;4*1H;/q;;;;;;;;;;+2/p-2. The summed E-state index contributed by atoms with van der Waals surface area (Å²) in [5, 5.41) is 2.82. The molecule has 0 bridgehead atoms. The van der Waals surface area contributed by atoms with Gasteiger partial charge in [0.1, 0.15) is 0 Å². The minimum atomic E-state index is -13.4. The van der Waals surface area contributed by atoms with Crippen LogP contribution in [-0.4, -0.2) is 60.1 Å². The zero-order chi connectivity index (χ0) is 83.1. The summed E-state index contributed by atoms with van der Waals surface area (Å²) in [6.45, 7) is 29.6. The molecule has 4 nitrogen and oxygen atoms in total. The van der Waals surface area contributed by atoms with E-state index in [9.17, 15) is 38.8 Å². The van der Waals surface area contributed by atoms with Gasteiger partial charge < -0.3 is 0 Å². The fraction of sp³-hybridized carbons (Fsp3) is 0.315. The molecule has 5 fully saturated rings. The van der Waals surface area contributed by atoms with Gasteiger partial charge in [0, 0.05) is 0 Å². The van der Waals surface area contributed by atoms with Gasteiger partial charge in [0.15, 0.2) is 0 Å². The van der Waals surface area contributed by atoms with E-state index in [1.54, 1.807) is 0 Å². The summed E-state index contributed by atoms with van der Waals surface area (Å²) in [6.07, 6.45) is 18.8. The number of hydrogen-bond donors (Lipinski definition) is 0. The van der Waals surface area contributed by atoms with Crippen molar-refractivity contribution in [1.29, 1.82) is 0 Å². The Morgan fingerprint density at radius 3 is 0.731 bits per heavy atom. The van der Waals surface area contributed by atoms with Gasteiger partial charge in [-0.15, -0.1) is 0 Å². The molecule has 620 valence electrons. The molecule has 2 heterocycles. The van der Waals surface area contributed by atoms with Crippen molar-refractivity contribution in [3.63, 3.8) is 0 Å². The molecule has 2 saturated heterocycles. The predicted molar refractivity (Wildman–Crippen MR) is 529 cm³/mol. The quantitative estimate of drug-likeness (QED) is 0.0795. The molecule has 11 heteroatoms. The average molecular weight is 1780 g/mol. The number of allylic oxidation sites excluding steroid dienone is 2. The van der Waals surface area contributed by atoms with Crippen LogP contribution in [0.1, 0.15) is 196 Å². The molecule has 0 atom stereocenters. The SMILES string of the molecule is Cc1cc(C)c(N2CCN(c3c(C)cc(C)cc3C)[C]2=[Ru]([Cl])([Cl])([Cl])([Cl])(=[C]2C=C(c3ccccc3)c3ccccc32)(=[C]2C=C(c3ccccc3)c3ccccc32)(=[C]2N(c3c(C)cc(C)cc3C)CCN2c2c(C)cc(C)cc2C)([PH](c2ccccc2)(c2ccccc2)c2ccccc2)[PH](C2CCCCC2)(C2CCCCC2)C2CCCCC2)c(C)c1. The van der Waals surface area contributed by atoms with E-state index in [0.29, 0.717) is 43.1 Å². The van der Waals surface area contributed by atoms with Crippen LogP contribution in [0.5, 0.6) is 0 Å². The second kappa shape index (κ2) is 25.9. The van der Waals surface area contributed by atoms with Gasteiger partial charge in [0.25, 0.3) is 0 Å². The average Bonchev–Trinajstić information content (AvgIpc) is 1.35. The van der Waals surface area contributed by atoms with Crippen LogP contribution < -0.4 is 35.5 Å². The van der Waals surface area contributed by atoms with Crippen molar-refractivity contribution >= 4 is 117 Å². The molecule has 0 radical (unpaired) electrons. The fourth-order valence-electron chi connectivity index (χ4n) is 28.0. The molecule has 0 unspecified atom stereocenters. The molecular formula is C108H122Cl4N4P2Ru. The first-order valence-corrected chi connectivity index (χ1v) is 65.8. The molecule has 0 spiro atoms. The van der Waals surface area contributed by atoms with Gasteiger partial charge in [-0.1, -0.05) is 0 Å². The van der Waals surface area contributed by atoms with E-state index in [-0.39, 0.29) is 17.0 Å². The molecule has 0 amide bonds. The van der Waals surface area contributed by atoms with Crippen molar-refractivity contribution in [1.82, 2.24) is 0 Å². The van der Waals surface area contributed by atoms with Gasteiger partial charge >= 0.3 is 721 Å². The Morgan fingerprint density at radius 1 is 0.269 bits per heavy atom. The van der Waals surface area contributed by atoms with Crippen LogP contribution >= 0.6 is 50.0 Å². The Balaban J connectivity index is 1.58. The van der Waals surface area contributed by atoms with Crippen molar-refractivity contribution in [2.75, 3.05) is 45.8 Å². The summed E-state index contributed by atoms with van der Waals surface area (Å²) in [5.74, 6) is 0. The van der Waals surface area contributed by atoms with Crippen molar-refractivity contribution in [3.8, 4) is 0 Å². The second-order valence-electron chi connectivity index (χ2n) is 37.5. The van der Waals surface area contributed by atoms with Crippen molar-refractivity contribution in [2.24, 2.45) is 0 Å². The predicted octanol–water partition coefficient (Wildman–Crippen LogP) is 27.5. The number of nitrogens with zero attached hydrogens (tertiary/aromatic N) is 4. The molecule has 18 rings (SSSR count). The Kier molecular flexibility index (Phi) is 17.9. The van der Waals surface area contributed by atoms with Crippen LogP contribution in [0.2, 0.25) is 0 Å². The second-order valence-corrected chi connectivity index (χ2v) is 137. The van der Waals surface area contributed by atoms with E-state index in [2.05, 4.69) is 364 Å². The third-order valence-corrected chi connectivity index (χ3v) is 167. The monoisotopic (exact) mass is 1780 g/mol. The summed E-state index contributed by atoms with van der Waals surface area (Å²) in [4.78, 5) is 11.3. The van der Waals surface area contributed by atoms with Crippen LogP contribution in [-0.2, 0) is 0.990 Å². The number of hydrogen-bond acceptors (Lipinski definition) is 4. The van der Waals surface area contributed by atoms with E-state index in [1.165, 1.54) is 22.3 Å². The Hall–Kier alpha value is -7.78. The first-order chi connectivity index (χ1) is 56.9. The van der Waals surface area contributed by atoms with Gasteiger partial charge in [-0.2, -0.15) is 0 Å². The maximum absolute atomic E-state index is 14.9. The molecule has 3 saturated carbocycles. The number of halogens is 4. The van der Waals surface area contributed by atoms with Gasteiger partial charge in [-0.25, -0.2) is 0 Å². The minimum absolute atomic E-state index is 0.352. The Labute approximate surface area is 714 Å². The van der Waals surface area contributed by atoms with E-state index in [0.717, 1.165) is 224 Å². The normalized spacial score (nSPS) is 19.9. The molecule has 5 aliphatic carbocycles. The summed E-state index contributed by atoms with van der Waals surface area (Å²) >= 11 is 0. The van der Waals surface area contributed by atoms with Gasteiger partial charge in [0.05, 0.1) is 0 Å². The fourth-order valence-corrected chi connectivity index (χ4v) is 216. The van der Waals surface area contributed by atoms with Gasteiger partial charge in [0.2, 0.25) is 0 Å². The van der Waals surface area contributed by atoms with Crippen LogP contribution in [0.3, 0.4) is 0 Å². The Bertz CT molecular complexity index is 6350. The van der Waals surface area contributed by atoms with Gasteiger partial charge in [-0.3, -0.25) is 0 Å². The first kappa shape index (κ1) is 82.2. The van der Waals surface area contributed by atoms with E-state index >= 15 is 0 Å². The van der Waals surface area contributed by atoms with Crippen LogP contribution in [0, 0.1) is 83.1 Å². The maximum atomic E-state index is 14.9. The third kappa shape index (κ3) is 9.02. The van der Waals surface area contributed by atoms with Crippen LogP contribution in [0.25, 0.3) is 11.1 Å². The summed E-state index contributed by atoms with van der Waals surface area (Å²) < 4.78 is -10.9. The molecular weight excluding hydrogens is 1660 g/mol. The molecule has 11 aromatic rings. The van der Waals surface area contributed by atoms with Crippen molar-refractivity contribution < 1.29 is 0.990 Å². The Morgan fingerprint density at radius 2 is 0.487 bits per heavy atom. The molecule has 0 aromatic heterocycles. The van der Waals surface area contributed by atoms with Crippen molar-refractivity contribution in [3.05, 3.63) is 361 Å². The zero-order valence-electron chi connectivity index (χ0n) is 72.1. The van der Waals surface area contributed by atoms with Crippen LogP contribution in [0.4, 0.5) is 22.7 Å². The number of anilines is 4. The molecule has 11 aromatic carbocycles. The summed E-state index contributed by atoms with van der Waals surface area (Å²) in [7, 11) is 59.5. The zero-order valence-corrected chi connectivity index (χ0v) is 78.9. The number of benzene rings is 11. The molecule has 0 N–H and O–H groups in total. The topological polar surface area (TPSA) is 13.0 Å². The number of aryl methyl sites for hydroxylation is 12. The van der Waals surface area contributed by atoms with Crippen molar-refractivity contribution in [2.45, 2.75) is 196 Å². The van der Waals surface area contributed by atoms with Gasteiger partial charge in [-0.05, 0) is 0 Å². The van der Waals surface area contributed by atoms with E-state index in [4.69, 9.17) is 0 Å². The number of rotatable bonds is 14. The molecule has 7 aliphatic rings. The summed E-state index contributed by atoms with van der Waals surface area (Å²) in [5.41, 5.74) is 12.1. The summed E-state index contributed by atoms with van der Waals surface area (Å²) in [6, 6.07) is 96.9. The molecule has 119 heavy (non-hydrogen) atoms. The van der Waals surface area contributed by atoms with Crippen LogP contribution in [0.15, 0.2) is 261 Å². The molecule has 2 aliphatic heterocycles. The van der Waals surface area contributed by atoms with E-state index in [1.807, 2.05) is 0 Å². The van der Waals surface area contributed by atoms with E-state index < -0.39 is 12.2 Å². The number of fused-ring (bicyclic) bond motifs is 2.